The van der Waals surface area contributed by atoms with Crippen LogP contribution < -0.4 is 5.56 Å². The zero-order valence-corrected chi connectivity index (χ0v) is 11.2. The SMILES string of the molecule is CSc1nc(-c2ccccc2C(=O)O)c(C#N)c(=O)[nH]1. The number of nitriles is 1. The molecule has 0 aliphatic heterocycles. The number of H-pyrrole nitrogens is 1. The lowest BCUT2D eigenvalue weighted by Gasteiger charge is -2.07. The molecule has 0 radical (unpaired) electrons. The number of carboxylic acids is 1. The van der Waals surface area contributed by atoms with Gasteiger partial charge in [-0.1, -0.05) is 30.0 Å². The highest BCUT2D eigenvalue weighted by atomic mass is 32.2. The molecule has 1 heterocycles. The summed E-state index contributed by atoms with van der Waals surface area (Å²) in [7, 11) is 0. The molecule has 0 amide bonds. The number of carboxylic acid groups (broad SMARTS) is 1. The lowest BCUT2D eigenvalue weighted by atomic mass is 10.0. The minimum absolute atomic E-state index is 0.00541. The number of nitrogens with zero attached hydrogens (tertiary/aromatic N) is 2. The Bertz CT molecular complexity index is 777. The van der Waals surface area contributed by atoms with Gasteiger partial charge >= 0.3 is 5.97 Å². The van der Waals surface area contributed by atoms with Gasteiger partial charge in [-0.15, -0.1) is 0 Å². The average Bonchev–Trinajstić information content (AvgIpc) is 2.46. The van der Waals surface area contributed by atoms with Gasteiger partial charge in [0.05, 0.1) is 11.3 Å². The predicted octanol–water partition coefficient (Wildman–Crippen LogP) is 1.73. The first-order valence-corrected chi connectivity index (χ1v) is 6.72. The van der Waals surface area contributed by atoms with E-state index in [0.717, 1.165) is 0 Å². The monoisotopic (exact) mass is 287 g/mol. The molecule has 2 rings (SSSR count). The average molecular weight is 287 g/mol. The smallest absolute Gasteiger partial charge is 0.336 e. The maximum atomic E-state index is 11.8. The number of aromatic carboxylic acids is 1. The Hall–Kier alpha value is -2.59. The van der Waals surface area contributed by atoms with Crippen LogP contribution in [0.4, 0.5) is 0 Å². The van der Waals surface area contributed by atoms with Crippen LogP contribution in [0.25, 0.3) is 11.3 Å². The number of thioether (sulfide) groups is 1. The molecule has 2 N–H and O–H groups in total. The molecule has 20 heavy (non-hydrogen) atoms. The molecule has 0 saturated heterocycles. The fourth-order valence-electron chi connectivity index (χ4n) is 1.72. The molecule has 0 saturated carbocycles. The number of rotatable bonds is 3. The molecule has 0 spiro atoms. The summed E-state index contributed by atoms with van der Waals surface area (Å²) in [4.78, 5) is 29.7. The highest BCUT2D eigenvalue weighted by Gasteiger charge is 2.18. The van der Waals surface area contributed by atoms with E-state index in [1.54, 1.807) is 24.5 Å². The van der Waals surface area contributed by atoms with Gasteiger partial charge in [0.25, 0.3) is 5.56 Å². The van der Waals surface area contributed by atoms with Crippen LogP contribution in [0.3, 0.4) is 0 Å². The second kappa shape index (κ2) is 5.59. The quantitative estimate of drug-likeness (QED) is 0.657. The number of nitrogens with one attached hydrogen (secondary N) is 1. The molecule has 0 aliphatic carbocycles. The molecule has 0 atom stereocenters. The molecule has 100 valence electrons. The second-order valence-corrected chi connectivity index (χ2v) is 4.56. The largest absolute Gasteiger partial charge is 0.478 e. The highest BCUT2D eigenvalue weighted by molar-refractivity contribution is 7.98. The van der Waals surface area contributed by atoms with Crippen LogP contribution in [-0.4, -0.2) is 27.3 Å². The van der Waals surface area contributed by atoms with Crippen LogP contribution in [0.2, 0.25) is 0 Å². The normalized spacial score (nSPS) is 10.0. The molecule has 1 aromatic heterocycles. The van der Waals surface area contributed by atoms with Crippen LogP contribution in [-0.2, 0) is 0 Å². The van der Waals surface area contributed by atoms with E-state index in [1.165, 1.54) is 23.9 Å². The molecule has 0 bridgehead atoms. The van der Waals surface area contributed by atoms with Crippen molar-refractivity contribution in [2.24, 2.45) is 0 Å². The lowest BCUT2D eigenvalue weighted by Crippen LogP contribution is -2.15. The Kier molecular flexibility index (Phi) is 3.86. The Morgan fingerprint density at radius 1 is 1.45 bits per heavy atom. The van der Waals surface area contributed by atoms with Crippen molar-refractivity contribution in [2.75, 3.05) is 6.26 Å². The van der Waals surface area contributed by atoms with E-state index in [-0.39, 0.29) is 22.4 Å². The molecule has 1 aromatic carbocycles. The molecule has 2 aromatic rings. The van der Waals surface area contributed by atoms with E-state index >= 15 is 0 Å². The Balaban J connectivity index is 2.82. The van der Waals surface area contributed by atoms with Gasteiger partial charge in [0.1, 0.15) is 11.6 Å². The first-order valence-electron chi connectivity index (χ1n) is 5.49. The van der Waals surface area contributed by atoms with E-state index in [2.05, 4.69) is 9.97 Å². The topological polar surface area (TPSA) is 107 Å². The van der Waals surface area contributed by atoms with E-state index in [0.29, 0.717) is 5.16 Å². The van der Waals surface area contributed by atoms with Gasteiger partial charge in [0, 0.05) is 5.56 Å². The third kappa shape index (κ3) is 2.41. The number of hydrogen-bond donors (Lipinski definition) is 2. The van der Waals surface area contributed by atoms with Crippen LogP contribution in [0.1, 0.15) is 15.9 Å². The van der Waals surface area contributed by atoms with Crippen LogP contribution in [0, 0.1) is 11.3 Å². The first kappa shape index (κ1) is 13.8. The predicted molar refractivity (Wildman–Crippen MR) is 73.7 cm³/mol. The van der Waals surface area contributed by atoms with Crippen molar-refractivity contribution in [3.8, 4) is 17.3 Å². The number of hydrogen-bond acceptors (Lipinski definition) is 5. The fourth-order valence-corrected chi connectivity index (χ4v) is 2.10. The zero-order valence-electron chi connectivity index (χ0n) is 10.4. The summed E-state index contributed by atoms with van der Waals surface area (Å²) < 4.78 is 0. The summed E-state index contributed by atoms with van der Waals surface area (Å²) in [5.41, 5.74) is -0.454. The van der Waals surface area contributed by atoms with Gasteiger partial charge in [-0.2, -0.15) is 5.26 Å². The van der Waals surface area contributed by atoms with Gasteiger partial charge < -0.3 is 10.1 Å². The fraction of sp³-hybridized carbons (Fsp3) is 0.0769. The highest BCUT2D eigenvalue weighted by Crippen LogP contribution is 2.24. The molecule has 7 heteroatoms. The molecule has 0 unspecified atom stereocenters. The first-order chi connectivity index (χ1) is 9.58. The number of aromatic nitrogens is 2. The van der Waals surface area contributed by atoms with Gasteiger partial charge in [-0.25, -0.2) is 9.78 Å². The minimum Gasteiger partial charge on any atom is -0.478 e. The van der Waals surface area contributed by atoms with Crippen molar-refractivity contribution in [3.05, 3.63) is 45.7 Å². The van der Waals surface area contributed by atoms with E-state index in [1.807, 2.05) is 0 Å². The van der Waals surface area contributed by atoms with Crippen molar-refractivity contribution >= 4 is 17.7 Å². The van der Waals surface area contributed by atoms with Gasteiger partial charge in [0.2, 0.25) is 0 Å². The van der Waals surface area contributed by atoms with Crippen LogP contribution in [0.15, 0.2) is 34.2 Å². The molecular weight excluding hydrogens is 278 g/mol. The van der Waals surface area contributed by atoms with Crippen LogP contribution in [0.5, 0.6) is 0 Å². The summed E-state index contributed by atoms with van der Waals surface area (Å²) in [6.07, 6.45) is 1.72. The van der Waals surface area contributed by atoms with E-state index in [4.69, 9.17) is 5.26 Å². The molecular formula is C13H9N3O3S. The van der Waals surface area contributed by atoms with Gasteiger partial charge in [0.15, 0.2) is 5.16 Å². The minimum atomic E-state index is -1.14. The Morgan fingerprint density at radius 2 is 2.15 bits per heavy atom. The number of benzene rings is 1. The zero-order chi connectivity index (χ0) is 14.7. The van der Waals surface area contributed by atoms with Crippen molar-refractivity contribution in [1.82, 2.24) is 9.97 Å². The van der Waals surface area contributed by atoms with E-state index in [9.17, 15) is 14.7 Å². The maximum Gasteiger partial charge on any atom is 0.336 e. The summed E-state index contributed by atoms with van der Waals surface area (Å²) >= 11 is 1.20. The van der Waals surface area contributed by atoms with E-state index < -0.39 is 11.5 Å². The third-order valence-corrected chi connectivity index (χ3v) is 3.20. The Labute approximate surface area is 118 Å². The third-order valence-electron chi connectivity index (χ3n) is 2.62. The van der Waals surface area contributed by atoms with Crippen molar-refractivity contribution < 1.29 is 9.90 Å². The Morgan fingerprint density at radius 3 is 2.75 bits per heavy atom. The maximum absolute atomic E-state index is 11.8. The number of carbonyl (C=O) groups is 1. The van der Waals surface area contributed by atoms with Gasteiger partial charge in [-0.05, 0) is 12.3 Å². The molecule has 6 nitrogen and oxygen atoms in total. The molecule has 0 fully saturated rings. The lowest BCUT2D eigenvalue weighted by molar-refractivity contribution is 0.0697. The van der Waals surface area contributed by atoms with Crippen molar-refractivity contribution in [3.63, 3.8) is 0 Å². The standard InChI is InChI=1S/C13H9N3O3S/c1-20-13-15-10(9(6-14)11(17)16-13)7-4-2-3-5-8(7)12(18)19/h2-5H,1H3,(H,18,19)(H,15,16,17). The van der Waals surface area contributed by atoms with Crippen molar-refractivity contribution in [1.29, 1.82) is 5.26 Å². The van der Waals surface area contributed by atoms with Crippen molar-refractivity contribution in [2.45, 2.75) is 5.16 Å². The summed E-state index contributed by atoms with van der Waals surface area (Å²) in [5, 5.41) is 18.6. The number of aromatic amines is 1. The summed E-state index contributed by atoms with van der Waals surface area (Å²) in [5.74, 6) is -1.14. The molecule has 0 aliphatic rings. The summed E-state index contributed by atoms with van der Waals surface area (Å²) in [6, 6.07) is 7.90. The second-order valence-electron chi connectivity index (χ2n) is 3.76. The van der Waals surface area contributed by atoms with Gasteiger partial charge in [-0.3, -0.25) is 4.79 Å². The van der Waals surface area contributed by atoms with Crippen LogP contribution >= 0.6 is 11.8 Å². The summed E-state index contributed by atoms with van der Waals surface area (Å²) in [6.45, 7) is 0.